The molecule has 0 amide bonds. The zero-order valence-electron chi connectivity index (χ0n) is 20.2. The number of nitrogens with zero attached hydrogens (tertiary/aromatic N) is 6. The van der Waals surface area contributed by atoms with Crippen molar-refractivity contribution in [3.8, 4) is 11.6 Å². The summed E-state index contributed by atoms with van der Waals surface area (Å²) < 4.78 is 6.49. The Hall–Kier alpha value is -3.81. The second kappa shape index (κ2) is 8.40. The molecule has 4 heterocycles. The lowest BCUT2D eigenvalue weighted by atomic mass is 9.74. The van der Waals surface area contributed by atoms with E-state index in [-0.39, 0.29) is 5.54 Å². The van der Waals surface area contributed by atoms with Crippen LogP contribution in [0, 0.1) is 0 Å². The summed E-state index contributed by atoms with van der Waals surface area (Å²) >= 11 is 0. The number of aliphatic imine (C=N–C) groups is 2. The van der Waals surface area contributed by atoms with Crippen molar-refractivity contribution in [3.05, 3.63) is 85.0 Å². The first-order chi connectivity index (χ1) is 17.7. The van der Waals surface area contributed by atoms with Gasteiger partial charge in [-0.3, -0.25) is 4.99 Å². The van der Waals surface area contributed by atoms with E-state index >= 15 is 0 Å². The predicted molar refractivity (Wildman–Crippen MR) is 143 cm³/mol. The summed E-state index contributed by atoms with van der Waals surface area (Å²) in [5, 5.41) is 3.65. The number of allylic oxidation sites excluding steroid dienone is 1. The summed E-state index contributed by atoms with van der Waals surface area (Å²) in [5.41, 5.74) is 3.11. The third kappa shape index (κ3) is 3.46. The van der Waals surface area contributed by atoms with Crippen molar-refractivity contribution in [3.63, 3.8) is 0 Å². The Morgan fingerprint density at radius 3 is 2.61 bits per heavy atom. The molecule has 0 spiro atoms. The molecule has 2 aromatic carbocycles. The van der Waals surface area contributed by atoms with Crippen LogP contribution in [-0.2, 0) is 0 Å². The first-order valence-electron chi connectivity index (χ1n) is 12.8. The molecule has 2 fully saturated rings. The van der Waals surface area contributed by atoms with Crippen LogP contribution in [0.2, 0.25) is 0 Å². The van der Waals surface area contributed by atoms with Gasteiger partial charge in [0.15, 0.2) is 6.20 Å². The van der Waals surface area contributed by atoms with Crippen LogP contribution in [0.15, 0.2) is 94.9 Å². The summed E-state index contributed by atoms with van der Waals surface area (Å²) in [6.07, 6.45) is 14.8. The minimum absolute atomic E-state index is 0.0111. The van der Waals surface area contributed by atoms with Gasteiger partial charge in [-0.1, -0.05) is 24.3 Å². The molecule has 3 aliphatic heterocycles. The lowest BCUT2D eigenvalue weighted by Crippen LogP contribution is -2.71. The molecule has 1 saturated carbocycles. The monoisotopic (exact) mass is 477 g/mol. The maximum absolute atomic E-state index is 6.05. The first kappa shape index (κ1) is 21.5. The van der Waals surface area contributed by atoms with E-state index in [1.165, 1.54) is 25.9 Å². The molecule has 1 aliphatic carbocycles. The Bertz CT molecular complexity index is 1420. The Morgan fingerprint density at radius 2 is 1.83 bits per heavy atom. The molecule has 7 heteroatoms. The minimum Gasteiger partial charge on any atom is -0.439 e. The zero-order chi connectivity index (χ0) is 24.0. The van der Waals surface area contributed by atoms with Crippen LogP contribution in [0.3, 0.4) is 0 Å². The minimum atomic E-state index is 0.0111. The van der Waals surface area contributed by atoms with Gasteiger partial charge < -0.3 is 9.64 Å². The molecular weight excluding hydrogens is 448 g/mol. The molecular formula is C29H29N6O+. The highest BCUT2D eigenvalue weighted by molar-refractivity contribution is 5.85. The lowest BCUT2D eigenvalue weighted by molar-refractivity contribution is -0.751. The fourth-order valence-electron chi connectivity index (χ4n) is 5.79. The van der Waals surface area contributed by atoms with Gasteiger partial charge >= 0.3 is 0 Å². The largest absolute Gasteiger partial charge is 0.439 e. The SMILES string of the molecule is C1=C[N+]2(N(c3ccc4ccc(Oc5ccccc5)nc4c3)C3(CN4CCC4)CCC3)C=NC=C2C=N1. The number of aromatic nitrogens is 1. The summed E-state index contributed by atoms with van der Waals surface area (Å²) in [6.45, 7) is 3.42. The highest BCUT2D eigenvalue weighted by Crippen LogP contribution is 2.47. The number of likely N-dealkylation sites (tertiary alicyclic amines) is 1. The van der Waals surface area contributed by atoms with Crippen molar-refractivity contribution in [2.75, 3.05) is 24.6 Å². The van der Waals surface area contributed by atoms with Gasteiger partial charge in [-0.25, -0.2) is 15.0 Å². The van der Waals surface area contributed by atoms with Gasteiger partial charge in [-0.2, -0.15) is 0 Å². The third-order valence-corrected chi connectivity index (χ3v) is 7.84. The predicted octanol–water partition coefficient (Wildman–Crippen LogP) is 5.63. The van der Waals surface area contributed by atoms with E-state index < -0.39 is 0 Å². The lowest BCUT2D eigenvalue weighted by Gasteiger charge is -2.57. The molecule has 1 atom stereocenters. The van der Waals surface area contributed by atoms with Gasteiger partial charge in [0.05, 0.1) is 29.8 Å². The van der Waals surface area contributed by atoms with Crippen molar-refractivity contribution in [1.29, 1.82) is 0 Å². The van der Waals surface area contributed by atoms with E-state index in [1.54, 1.807) is 0 Å². The quantitative estimate of drug-likeness (QED) is 0.414. The number of fused-ring (bicyclic) bond motifs is 2. The van der Waals surface area contributed by atoms with Crippen LogP contribution in [0.5, 0.6) is 11.6 Å². The number of para-hydroxylation sites is 1. The fraction of sp³-hybridized carbons (Fsp3) is 0.276. The van der Waals surface area contributed by atoms with Crippen molar-refractivity contribution in [2.24, 2.45) is 9.98 Å². The second-order valence-corrected chi connectivity index (χ2v) is 10.1. The maximum atomic E-state index is 6.05. The van der Waals surface area contributed by atoms with E-state index in [0.29, 0.717) is 10.5 Å². The molecule has 0 bridgehead atoms. The number of ether oxygens (including phenoxy) is 1. The Balaban J connectivity index is 1.33. The summed E-state index contributed by atoms with van der Waals surface area (Å²) in [7, 11) is 0. The normalized spacial score (nSPS) is 23.6. The standard InChI is InChI=1S/C29H29N6O/c1-2-6-26(7-3-1)36-28-11-9-23-8-10-24(18-27(23)32-28)34(29(12-4-13-29)21-33-15-5-16-33)35-17-14-30-19-25(35)20-31-22-35/h1-3,6-11,14,17-20,22H,4-5,12-13,15-16,21H2/q+1. The number of quaternary nitrogens is 1. The van der Waals surface area contributed by atoms with Crippen molar-refractivity contribution < 1.29 is 9.33 Å². The van der Waals surface area contributed by atoms with Crippen LogP contribution < -0.4 is 9.75 Å². The number of benzene rings is 2. The molecule has 0 N–H and O–H groups in total. The third-order valence-electron chi connectivity index (χ3n) is 7.84. The highest BCUT2D eigenvalue weighted by Gasteiger charge is 2.56. The molecule has 1 aromatic heterocycles. The highest BCUT2D eigenvalue weighted by atomic mass is 16.5. The molecule has 7 rings (SSSR count). The Kier molecular flexibility index (Phi) is 5.01. The van der Waals surface area contributed by atoms with Gasteiger partial charge in [0.2, 0.25) is 17.9 Å². The number of rotatable bonds is 7. The maximum Gasteiger partial charge on any atom is 0.225 e. The van der Waals surface area contributed by atoms with E-state index in [0.717, 1.165) is 47.4 Å². The van der Waals surface area contributed by atoms with Crippen LogP contribution in [0.25, 0.3) is 10.9 Å². The van der Waals surface area contributed by atoms with E-state index in [4.69, 9.17) is 9.72 Å². The molecule has 1 unspecified atom stereocenters. The van der Waals surface area contributed by atoms with Gasteiger partial charge in [0.1, 0.15) is 11.3 Å². The number of anilines is 1. The number of hydrogen-bond donors (Lipinski definition) is 0. The topological polar surface area (TPSA) is 53.3 Å². The summed E-state index contributed by atoms with van der Waals surface area (Å²) in [5.74, 6) is 1.38. The molecule has 7 nitrogen and oxygen atoms in total. The Morgan fingerprint density at radius 1 is 0.972 bits per heavy atom. The van der Waals surface area contributed by atoms with Gasteiger partial charge in [-0.15, -0.1) is 4.59 Å². The summed E-state index contributed by atoms with van der Waals surface area (Å²) in [4.78, 5) is 16.5. The van der Waals surface area contributed by atoms with Gasteiger partial charge in [-0.05, 0) is 69.1 Å². The molecule has 0 radical (unpaired) electrons. The van der Waals surface area contributed by atoms with E-state index in [2.05, 4.69) is 50.4 Å². The van der Waals surface area contributed by atoms with Crippen molar-refractivity contribution >= 4 is 29.1 Å². The number of pyridine rings is 1. The molecule has 3 aromatic rings. The van der Waals surface area contributed by atoms with E-state index in [9.17, 15) is 0 Å². The average Bonchev–Trinajstić information content (AvgIpc) is 3.29. The fourth-order valence-corrected chi connectivity index (χ4v) is 5.79. The van der Waals surface area contributed by atoms with Crippen LogP contribution >= 0.6 is 0 Å². The second-order valence-electron chi connectivity index (χ2n) is 10.1. The van der Waals surface area contributed by atoms with E-state index in [1.807, 2.05) is 61.4 Å². The van der Waals surface area contributed by atoms with Crippen LogP contribution in [0.1, 0.15) is 25.7 Å². The van der Waals surface area contributed by atoms with Crippen LogP contribution in [-0.4, -0.2) is 52.2 Å². The van der Waals surface area contributed by atoms with Crippen LogP contribution in [0.4, 0.5) is 5.69 Å². The smallest absolute Gasteiger partial charge is 0.225 e. The molecule has 4 aliphatic rings. The molecule has 180 valence electrons. The summed E-state index contributed by atoms with van der Waals surface area (Å²) in [6, 6.07) is 20.4. The van der Waals surface area contributed by atoms with Crippen molar-refractivity contribution in [2.45, 2.75) is 31.2 Å². The van der Waals surface area contributed by atoms with Crippen molar-refractivity contribution in [1.82, 2.24) is 9.88 Å². The van der Waals surface area contributed by atoms with Gasteiger partial charge in [0, 0.05) is 18.0 Å². The first-order valence-corrected chi connectivity index (χ1v) is 12.8. The van der Waals surface area contributed by atoms with Gasteiger partial charge in [0.25, 0.3) is 0 Å². The Labute approximate surface area is 210 Å². The zero-order valence-corrected chi connectivity index (χ0v) is 20.2. The number of hydrogen-bond acceptors (Lipinski definition) is 6. The average molecular weight is 478 g/mol. The molecule has 1 saturated heterocycles. The molecule has 36 heavy (non-hydrogen) atoms.